The van der Waals surface area contributed by atoms with Gasteiger partial charge in [0.05, 0.1) is 0 Å². The molecule has 11 heteroatoms. The van der Waals surface area contributed by atoms with Crippen LogP contribution in [0.15, 0.2) is 0 Å². The molecule has 0 radical (unpaired) electrons. The van der Waals surface area contributed by atoms with E-state index in [4.69, 9.17) is 39.0 Å². The molecule has 0 saturated carbocycles. The number of hydrogen-bond acceptors (Lipinski definition) is 6. The molecule has 0 aliphatic rings. The molecule has 0 bridgehead atoms. The van der Waals surface area contributed by atoms with Crippen LogP contribution in [0.4, 0.5) is 9.59 Å². The van der Waals surface area contributed by atoms with E-state index >= 15 is 0 Å². The van der Waals surface area contributed by atoms with Crippen LogP contribution in [-0.4, -0.2) is 64.7 Å². The van der Waals surface area contributed by atoms with Crippen molar-refractivity contribution in [3.8, 4) is 0 Å². The van der Waals surface area contributed by atoms with Crippen LogP contribution >= 0.6 is 7.82 Å². The molecule has 0 aromatic rings. The summed E-state index contributed by atoms with van der Waals surface area (Å²) in [6.07, 6.45) is -4.25. The predicted octanol–water partition coefficient (Wildman–Crippen LogP) is -3.62. The Hall–Kier alpha value is 0.110. The van der Waals surface area contributed by atoms with Crippen LogP contribution in [0.3, 0.4) is 0 Å². The molecule has 72 valence electrons. The summed E-state index contributed by atoms with van der Waals surface area (Å²) in [5.74, 6) is 0. The van der Waals surface area contributed by atoms with Crippen molar-refractivity contribution >= 4 is 57.9 Å². The van der Waals surface area contributed by atoms with Crippen LogP contribution in [0.1, 0.15) is 0 Å². The molecule has 0 heterocycles. The third-order valence-corrected chi connectivity index (χ3v) is 0.167. The average Bonchev–Trinajstić information content (AvgIpc) is 1.52. The summed E-state index contributed by atoms with van der Waals surface area (Å²) < 4.78 is 11.7. The van der Waals surface area contributed by atoms with Crippen molar-refractivity contribution in [2.45, 2.75) is 0 Å². The first-order chi connectivity index (χ1) is 5.13. The Labute approximate surface area is 101 Å². The predicted molar refractivity (Wildman–Crippen MR) is 31.9 cm³/mol. The molecular weight excluding hydrogens is 239 g/mol. The second-order valence-corrected chi connectivity index (χ2v) is 2.14. The second kappa shape index (κ2) is 8.70. The van der Waals surface area contributed by atoms with E-state index in [2.05, 4.69) is 4.74 Å². The van der Waals surface area contributed by atoms with Gasteiger partial charge in [-0.15, -0.1) is 0 Å². The van der Waals surface area contributed by atoms with E-state index in [1.807, 2.05) is 0 Å². The maximum absolute atomic E-state index is 9.06. The van der Waals surface area contributed by atoms with Gasteiger partial charge in [-0.05, 0) is 0 Å². The first-order valence-electron chi connectivity index (χ1n) is 2.01. The zero-order valence-electron chi connectivity index (χ0n) is 5.95. The Kier molecular flexibility index (Phi) is 12.6. The smallest absolute Gasteiger partial charge is 0.483 e. The van der Waals surface area contributed by atoms with Crippen LogP contribution < -0.4 is 10.2 Å². The molecule has 0 amide bonds. The van der Waals surface area contributed by atoms with Crippen molar-refractivity contribution in [2.24, 2.45) is 0 Å². The molecule has 0 aromatic carbocycles. The summed E-state index contributed by atoms with van der Waals surface area (Å²) in [6.45, 7) is 0. The van der Waals surface area contributed by atoms with Crippen molar-refractivity contribution in [1.82, 2.24) is 0 Å². The maximum atomic E-state index is 9.06. The molecule has 0 fully saturated rings. The van der Waals surface area contributed by atoms with Crippen molar-refractivity contribution in [3.63, 3.8) is 0 Å². The zero-order chi connectivity index (χ0) is 10.4. The Morgan fingerprint density at radius 3 is 1.23 bits per heavy atom. The molecule has 0 rings (SSSR count). The molecule has 0 atom stereocenters. The standard InChI is InChI=1S/C2H2O5.Ca.H3O4P/c3-1(4)7-2(5)6;;1-5(2,3)4/h(H,3,4)(H,5,6);;(H3,1,2,3,4)/q;+2;/p-2. The van der Waals surface area contributed by atoms with E-state index < -0.39 is 20.1 Å². The van der Waals surface area contributed by atoms with Crippen LogP contribution in [0.25, 0.3) is 0 Å². The van der Waals surface area contributed by atoms with Gasteiger partial charge in [0.2, 0.25) is 0 Å². The van der Waals surface area contributed by atoms with Gasteiger partial charge < -0.3 is 39.2 Å². The summed E-state index contributed by atoms with van der Waals surface area (Å²) in [5.41, 5.74) is 0. The van der Waals surface area contributed by atoms with Crippen LogP contribution in [0, 0.1) is 0 Å². The van der Waals surface area contributed by atoms with Crippen molar-refractivity contribution < 1.29 is 43.8 Å². The molecule has 0 spiro atoms. The monoisotopic (exact) mass is 242 g/mol. The van der Waals surface area contributed by atoms with Gasteiger partial charge >= 0.3 is 45.6 Å². The third kappa shape index (κ3) is 73.3. The van der Waals surface area contributed by atoms with E-state index in [-0.39, 0.29) is 37.7 Å². The zero-order valence-corrected chi connectivity index (χ0v) is 9.05. The van der Waals surface area contributed by atoms with Gasteiger partial charge in [0.1, 0.15) is 0 Å². The number of rotatable bonds is 0. The molecule has 0 aliphatic carbocycles. The minimum atomic E-state index is -4.64. The van der Waals surface area contributed by atoms with Gasteiger partial charge in [0, 0.05) is 0 Å². The SMILES string of the molecule is O=C([O-])OC(=O)[O-].O=P(O)(O)O.[Ca+2]. The fourth-order valence-electron chi connectivity index (χ4n) is 0.0680. The van der Waals surface area contributed by atoms with Gasteiger partial charge in [-0.25, -0.2) is 4.57 Å². The number of phosphoric acid groups is 1. The Bertz CT molecular complexity index is 185. The fraction of sp³-hybridized carbons (Fsp3) is 0. The minimum Gasteiger partial charge on any atom is -0.483 e. The maximum Gasteiger partial charge on any atom is 2.00 e. The summed E-state index contributed by atoms with van der Waals surface area (Å²) >= 11 is 0. The van der Waals surface area contributed by atoms with Crippen molar-refractivity contribution in [1.29, 1.82) is 0 Å². The number of carbonyl (C=O) groups excluding carboxylic acids is 2. The van der Waals surface area contributed by atoms with E-state index in [1.54, 1.807) is 0 Å². The topological polar surface area (TPSA) is 167 Å². The summed E-state index contributed by atoms with van der Waals surface area (Å²) in [6, 6.07) is 0. The Balaban J connectivity index is -0.000000150. The van der Waals surface area contributed by atoms with Crippen LogP contribution in [0.5, 0.6) is 0 Å². The molecule has 0 saturated heterocycles. The summed E-state index contributed by atoms with van der Waals surface area (Å²) in [4.78, 5) is 39.7. The van der Waals surface area contributed by atoms with Gasteiger partial charge in [-0.2, -0.15) is 0 Å². The Morgan fingerprint density at radius 1 is 1.08 bits per heavy atom. The van der Waals surface area contributed by atoms with Crippen molar-refractivity contribution in [2.75, 3.05) is 0 Å². The number of carbonyl (C=O) groups is 2. The molecular formula is C2H3CaO9P. The molecule has 9 nitrogen and oxygen atoms in total. The van der Waals surface area contributed by atoms with Gasteiger partial charge in [0.15, 0.2) is 0 Å². The summed E-state index contributed by atoms with van der Waals surface area (Å²) in [5, 5.41) is 18.1. The van der Waals surface area contributed by atoms with E-state index in [1.165, 1.54) is 0 Å². The van der Waals surface area contributed by atoms with Crippen molar-refractivity contribution in [3.05, 3.63) is 0 Å². The molecule has 0 aliphatic heterocycles. The largest absolute Gasteiger partial charge is 2.00 e. The number of carboxylic acid groups (broad SMARTS) is 2. The van der Waals surface area contributed by atoms with E-state index in [9.17, 15) is 0 Å². The first-order valence-corrected chi connectivity index (χ1v) is 3.57. The number of ether oxygens (including phenoxy) is 1. The van der Waals surface area contributed by atoms with E-state index in [0.717, 1.165) is 0 Å². The minimum absolute atomic E-state index is 0. The van der Waals surface area contributed by atoms with Crippen LogP contribution in [-0.2, 0) is 9.30 Å². The molecule has 0 aromatic heterocycles. The van der Waals surface area contributed by atoms with Gasteiger partial charge in [0.25, 0.3) is 12.3 Å². The average molecular weight is 242 g/mol. The first kappa shape index (κ1) is 18.8. The summed E-state index contributed by atoms with van der Waals surface area (Å²) in [7, 11) is -4.64. The Morgan fingerprint density at radius 2 is 1.23 bits per heavy atom. The fourth-order valence-corrected chi connectivity index (χ4v) is 0.0680. The molecule has 13 heavy (non-hydrogen) atoms. The quantitative estimate of drug-likeness (QED) is 0.168. The molecule has 3 N–H and O–H groups in total. The normalized spacial score (nSPS) is 8.54. The van der Waals surface area contributed by atoms with Crippen LogP contribution in [0.2, 0.25) is 0 Å². The number of hydrogen-bond donors (Lipinski definition) is 3. The van der Waals surface area contributed by atoms with E-state index in [0.29, 0.717) is 0 Å². The second-order valence-electron chi connectivity index (χ2n) is 1.12. The van der Waals surface area contributed by atoms with Gasteiger partial charge in [-0.3, -0.25) is 0 Å². The molecule has 0 unspecified atom stereocenters. The van der Waals surface area contributed by atoms with Gasteiger partial charge in [-0.1, -0.05) is 0 Å². The third-order valence-electron chi connectivity index (χ3n) is 0.167.